The van der Waals surface area contributed by atoms with E-state index in [1.165, 1.54) is 19.3 Å². The Labute approximate surface area is 129 Å². The van der Waals surface area contributed by atoms with Gasteiger partial charge in [-0.2, -0.15) is 0 Å². The van der Waals surface area contributed by atoms with Gasteiger partial charge >= 0.3 is 0 Å². The minimum absolute atomic E-state index is 0.0417. The number of hydrogen-bond donors (Lipinski definition) is 1. The first-order valence-corrected chi connectivity index (χ1v) is 8.93. The van der Waals surface area contributed by atoms with Gasteiger partial charge in [-0.15, -0.1) is 0 Å². The average molecular weight is 292 g/mol. The monoisotopic (exact) mass is 292 g/mol. The molecule has 3 rings (SSSR count). The van der Waals surface area contributed by atoms with Crippen LogP contribution in [0.4, 0.5) is 0 Å². The Morgan fingerprint density at radius 1 is 1.29 bits per heavy atom. The first kappa shape index (κ1) is 15.3. The van der Waals surface area contributed by atoms with Crippen molar-refractivity contribution >= 4 is 5.91 Å². The van der Waals surface area contributed by atoms with E-state index in [1.54, 1.807) is 0 Å². The van der Waals surface area contributed by atoms with Crippen molar-refractivity contribution in [3.05, 3.63) is 0 Å². The summed E-state index contributed by atoms with van der Waals surface area (Å²) in [6.45, 7) is 11.6. The third-order valence-corrected chi connectivity index (χ3v) is 6.72. The molecule has 3 nitrogen and oxygen atoms in total. The van der Waals surface area contributed by atoms with Crippen LogP contribution < -0.4 is 5.32 Å². The number of nitrogens with zero attached hydrogens (tertiary/aromatic N) is 1. The summed E-state index contributed by atoms with van der Waals surface area (Å²) in [4.78, 5) is 15.3. The maximum absolute atomic E-state index is 13.0. The second-order valence-electron chi connectivity index (χ2n) is 8.50. The Balaban J connectivity index is 1.95. The lowest BCUT2D eigenvalue weighted by atomic mass is 9.67. The van der Waals surface area contributed by atoms with Gasteiger partial charge in [0.25, 0.3) is 0 Å². The second-order valence-corrected chi connectivity index (χ2v) is 8.50. The molecule has 2 bridgehead atoms. The van der Waals surface area contributed by atoms with E-state index in [4.69, 9.17) is 0 Å². The highest BCUT2D eigenvalue weighted by molar-refractivity contribution is 5.85. The number of amides is 1. The van der Waals surface area contributed by atoms with Crippen LogP contribution in [0.5, 0.6) is 0 Å². The highest BCUT2D eigenvalue weighted by Crippen LogP contribution is 2.64. The summed E-state index contributed by atoms with van der Waals surface area (Å²) in [6, 6.07) is 0.455. The summed E-state index contributed by atoms with van der Waals surface area (Å²) in [7, 11) is 0. The summed E-state index contributed by atoms with van der Waals surface area (Å²) >= 11 is 0. The molecule has 0 radical (unpaired) electrons. The van der Waals surface area contributed by atoms with Crippen molar-refractivity contribution < 1.29 is 4.79 Å². The number of carbonyl (C=O) groups excluding carboxylic acids is 1. The first-order chi connectivity index (χ1) is 9.85. The summed E-state index contributed by atoms with van der Waals surface area (Å²) < 4.78 is 0. The van der Waals surface area contributed by atoms with Crippen LogP contribution in [0.25, 0.3) is 0 Å². The van der Waals surface area contributed by atoms with Gasteiger partial charge in [0, 0.05) is 6.04 Å². The molecule has 120 valence electrons. The van der Waals surface area contributed by atoms with Gasteiger partial charge in [0.2, 0.25) is 5.91 Å². The molecule has 3 aliphatic rings. The lowest BCUT2D eigenvalue weighted by Gasteiger charge is -2.49. The Morgan fingerprint density at radius 3 is 2.52 bits per heavy atom. The minimum Gasteiger partial charge on any atom is -0.322 e. The van der Waals surface area contributed by atoms with Gasteiger partial charge in [-0.3, -0.25) is 10.1 Å². The Morgan fingerprint density at radius 2 is 2.00 bits per heavy atom. The van der Waals surface area contributed by atoms with Gasteiger partial charge in [0.15, 0.2) is 0 Å². The molecule has 1 heterocycles. The van der Waals surface area contributed by atoms with E-state index in [0.717, 1.165) is 25.2 Å². The third-order valence-electron chi connectivity index (χ3n) is 6.72. The molecule has 21 heavy (non-hydrogen) atoms. The van der Waals surface area contributed by atoms with Crippen LogP contribution in [0, 0.1) is 16.7 Å². The van der Waals surface area contributed by atoms with Crippen molar-refractivity contribution in [1.82, 2.24) is 10.2 Å². The van der Waals surface area contributed by atoms with Crippen LogP contribution in [-0.2, 0) is 4.79 Å². The maximum Gasteiger partial charge on any atom is 0.241 e. The van der Waals surface area contributed by atoms with Gasteiger partial charge in [0.1, 0.15) is 0 Å². The van der Waals surface area contributed by atoms with E-state index in [9.17, 15) is 4.79 Å². The fourth-order valence-corrected chi connectivity index (χ4v) is 5.78. The Hall–Kier alpha value is -0.570. The van der Waals surface area contributed by atoms with E-state index in [2.05, 4.69) is 44.8 Å². The van der Waals surface area contributed by atoms with E-state index < -0.39 is 0 Å². The molecule has 0 aromatic carbocycles. The van der Waals surface area contributed by atoms with Crippen molar-refractivity contribution in [2.45, 2.75) is 91.4 Å². The van der Waals surface area contributed by atoms with Crippen molar-refractivity contribution in [3.63, 3.8) is 0 Å². The smallest absolute Gasteiger partial charge is 0.241 e. The Kier molecular flexibility index (Phi) is 3.63. The fraction of sp³-hybridized carbons (Fsp3) is 0.944. The number of fused-ring (bicyclic) bond motifs is 2. The molecule has 1 amide bonds. The Bertz CT molecular complexity index is 428. The number of rotatable bonds is 4. The minimum atomic E-state index is 0.0417. The fourth-order valence-electron chi connectivity index (χ4n) is 5.78. The van der Waals surface area contributed by atoms with Gasteiger partial charge in [-0.1, -0.05) is 41.0 Å². The van der Waals surface area contributed by atoms with Crippen LogP contribution >= 0.6 is 0 Å². The highest BCUT2D eigenvalue weighted by atomic mass is 16.2. The van der Waals surface area contributed by atoms with Crippen LogP contribution in [0.3, 0.4) is 0 Å². The lowest BCUT2D eigenvalue weighted by Crippen LogP contribution is -2.56. The van der Waals surface area contributed by atoms with E-state index in [1.807, 2.05) is 0 Å². The van der Waals surface area contributed by atoms with Crippen LogP contribution in [0.1, 0.15) is 73.1 Å². The third kappa shape index (κ3) is 2.07. The molecular formula is C18H32N2O. The summed E-state index contributed by atoms with van der Waals surface area (Å²) in [5.74, 6) is 1.16. The molecular weight excluding hydrogens is 260 g/mol. The zero-order valence-corrected chi connectivity index (χ0v) is 14.4. The van der Waals surface area contributed by atoms with E-state index >= 15 is 0 Å². The van der Waals surface area contributed by atoms with Crippen molar-refractivity contribution in [3.8, 4) is 0 Å². The summed E-state index contributed by atoms with van der Waals surface area (Å²) in [5.41, 5.74) is 0.596. The molecule has 2 aliphatic carbocycles. The number of hydrogen-bond acceptors (Lipinski definition) is 2. The highest BCUT2D eigenvalue weighted by Gasteiger charge is 2.63. The largest absolute Gasteiger partial charge is 0.322 e. The molecule has 0 spiro atoms. The van der Waals surface area contributed by atoms with Gasteiger partial charge in [0.05, 0.1) is 12.2 Å². The van der Waals surface area contributed by atoms with Crippen LogP contribution in [0.2, 0.25) is 0 Å². The normalized spacial score (nSPS) is 44.8. The number of carbonyl (C=O) groups is 1. The molecule has 2 saturated carbocycles. The zero-order chi connectivity index (χ0) is 15.4. The quantitative estimate of drug-likeness (QED) is 0.859. The van der Waals surface area contributed by atoms with Crippen molar-refractivity contribution in [2.24, 2.45) is 16.7 Å². The van der Waals surface area contributed by atoms with E-state index in [0.29, 0.717) is 17.4 Å². The van der Waals surface area contributed by atoms with Gasteiger partial charge in [-0.05, 0) is 48.9 Å². The molecule has 1 saturated heterocycles. The standard InChI is InChI=1S/C18H32N2O/c1-6-8-14-19-13(7-2)15(21)20(14)16-17(3,4)12-9-10-18(16,5)11-12/h12-14,16,19H,6-11H2,1-5H3. The molecule has 0 aromatic rings. The van der Waals surface area contributed by atoms with Gasteiger partial charge in [-0.25, -0.2) is 0 Å². The van der Waals surface area contributed by atoms with Crippen molar-refractivity contribution in [2.75, 3.05) is 0 Å². The predicted molar refractivity (Wildman–Crippen MR) is 85.8 cm³/mol. The molecule has 5 atom stereocenters. The number of nitrogens with one attached hydrogen (secondary N) is 1. The maximum atomic E-state index is 13.0. The molecule has 5 unspecified atom stereocenters. The SMILES string of the molecule is CCCC1NC(CC)C(=O)N1C1C2(C)CCC(C2)C1(C)C. The lowest BCUT2D eigenvalue weighted by molar-refractivity contribution is -0.139. The average Bonchev–Trinajstić information content (AvgIpc) is 3.00. The molecule has 3 heteroatoms. The molecule has 3 fully saturated rings. The van der Waals surface area contributed by atoms with E-state index in [-0.39, 0.29) is 17.6 Å². The van der Waals surface area contributed by atoms with Crippen molar-refractivity contribution in [1.29, 1.82) is 0 Å². The predicted octanol–water partition coefficient (Wildman–Crippen LogP) is 3.54. The summed E-state index contributed by atoms with van der Waals surface area (Å²) in [6.07, 6.45) is 7.33. The molecule has 0 aromatic heterocycles. The van der Waals surface area contributed by atoms with Gasteiger partial charge < -0.3 is 4.90 Å². The van der Waals surface area contributed by atoms with Crippen LogP contribution in [-0.4, -0.2) is 29.1 Å². The molecule has 1 aliphatic heterocycles. The second kappa shape index (κ2) is 4.97. The zero-order valence-electron chi connectivity index (χ0n) is 14.4. The van der Waals surface area contributed by atoms with Crippen LogP contribution in [0.15, 0.2) is 0 Å². The topological polar surface area (TPSA) is 32.3 Å². The first-order valence-electron chi connectivity index (χ1n) is 8.93. The molecule has 1 N–H and O–H groups in total. The summed E-state index contributed by atoms with van der Waals surface area (Å²) in [5, 5.41) is 3.61.